The number of aryl methyl sites for hydroxylation is 1. The quantitative estimate of drug-likeness (QED) is 0.506. The van der Waals surface area contributed by atoms with E-state index in [0.29, 0.717) is 11.3 Å². The molecule has 6 heteroatoms. The largest absolute Gasteiger partial charge is 0.480 e. The van der Waals surface area contributed by atoms with Crippen molar-refractivity contribution >= 4 is 22.6 Å². The molecule has 2 aromatic rings. The maximum atomic E-state index is 11.0. The Kier molecular flexibility index (Phi) is 4.45. The zero-order chi connectivity index (χ0) is 13.7. The first-order chi connectivity index (χ1) is 8.43. The molecule has 2 rings (SSSR count). The van der Waals surface area contributed by atoms with Gasteiger partial charge in [-0.3, -0.25) is 4.79 Å². The molecule has 0 spiro atoms. The number of carboxylic acid groups (broad SMARTS) is 1. The Morgan fingerprint density at radius 3 is 2.56 bits per heavy atom. The van der Waals surface area contributed by atoms with Crippen molar-refractivity contribution in [1.82, 2.24) is 0 Å². The summed E-state index contributed by atoms with van der Waals surface area (Å²) in [7, 11) is 0. The lowest BCUT2D eigenvalue weighted by molar-refractivity contribution is -0.135. The fourth-order valence-corrected chi connectivity index (χ4v) is 1.34. The number of anilines is 1. The van der Waals surface area contributed by atoms with Crippen LogP contribution in [-0.2, 0) is 4.79 Å². The van der Waals surface area contributed by atoms with Crippen molar-refractivity contribution < 1.29 is 14.3 Å². The molecule has 0 bridgehead atoms. The predicted molar refractivity (Wildman–Crippen MR) is 68.3 cm³/mol. The van der Waals surface area contributed by atoms with Gasteiger partial charge >= 0.3 is 11.6 Å². The van der Waals surface area contributed by atoms with Crippen molar-refractivity contribution in [2.45, 2.75) is 6.92 Å². The molecular formula is C12H14N2O4. The fraction of sp³-hybridized carbons (Fsp3) is 0.167. The van der Waals surface area contributed by atoms with Crippen molar-refractivity contribution in [3.05, 3.63) is 40.2 Å². The van der Waals surface area contributed by atoms with Crippen molar-refractivity contribution in [3.8, 4) is 0 Å². The second kappa shape index (κ2) is 5.83. The van der Waals surface area contributed by atoms with E-state index in [1.54, 1.807) is 12.1 Å². The van der Waals surface area contributed by atoms with Crippen LogP contribution in [0.1, 0.15) is 5.56 Å². The van der Waals surface area contributed by atoms with Gasteiger partial charge in [0.25, 0.3) is 0 Å². The van der Waals surface area contributed by atoms with Crippen LogP contribution in [0.3, 0.4) is 0 Å². The van der Waals surface area contributed by atoms with Gasteiger partial charge in [0.1, 0.15) is 5.58 Å². The minimum Gasteiger partial charge on any atom is -0.480 e. The van der Waals surface area contributed by atoms with E-state index in [1.807, 2.05) is 13.0 Å². The Hall–Kier alpha value is -2.34. The number of hydrogen-bond donors (Lipinski definition) is 3. The first-order valence-corrected chi connectivity index (χ1v) is 5.16. The zero-order valence-corrected chi connectivity index (χ0v) is 9.84. The molecule has 0 radical (unpaired) electrons. The van der Waals surface area contributed by atoms with Crippen molar-refractivity contribution in [2.24, 2.45) is 5.73 Å². The lowest BCUT2D eigenvalue weighted by Gasteiger charge is -2.00. The first kappa shape index (κ1) is 13.7. The maximum Gasteiger partial charge on any atom is 0.336 e. The molecular weight excluding hydrogens is 236 g/mol. The highest BCUT2D eigenvalue weighted by Crippen LogP contribution is 2.18. The number of nitrogens with two attached hydrogens (primary N) is 2. The van der Waals surface area contributed by atoms with Gasteiger partial charge in [-0.25, -0.2) is 4.79 Å². The number of fused-ring (bicyclic) bond motifs is 1. The highest BCUT2D eigenvalue weighted by molar-refractivity contribution is 5.82. The second-order valence-corrected chi connectivity index (χ2v) is 3.60. The van der Waals surface area contributed by atoms with E-state index in [4.69, 9.17) is 15.3 Å². The number of carboxylic acids is 1. The van der Waals surface area contributed by atoms with E-state index < -0.39 is 5.97 Å². The van der Waals surface area contributed by atoms with Crippen LogP contribution >= 0.6 is 0 Å². The van der Waals surface area contributed by atoms with Gasteiger partial charge in [-0.1, -0.05) is 0 Å². The number of carbonyl (C=O) groups is 1. The molecule has 6 nitrogen and oxygen atoms in total. The lowest BCUT2D eigenvalue weighted by Crippen LogP contribution is -2.10. The normalized spacial score (nSPS) is 9.67. The molecule has 0 aliphatic heterocycles. The van der Waals surface area contributed by atoms with Gasteiger partial charge in [0.15, 0.2) is 0 Å². The summed E-state index contributed by atoms with van der Waals surface area (Å²) < 4.78 is 4.99. The van der Waals surface area contributed by atoms with Crippen LogP contribution in [0, 0.1) is 6.92 Å². The molecule has 1 aromatic carbocycles. The SMILES string of the molecule is Cc1cc(=O)oc2cc(N)ccc12.NCC(=O)O. The van der Waals surface area contributed by atoms with Crippen LogP contribution in [0.25, 0.3) is 11.0 Å². The molecule has 0 saturated carbocycles. The Labute approximate surface area is 103 Å². The van der Waals surface area contributed by atoms with Crippen LogP contribution in [0.4, 0.5) is 5.69 Å². The minimum atomic E-state index is -0.968. The van der Waals surface area contributed by atoms with Gasteiger partial charge in [0.2, 0.25) is 0 Å². The smallest absolute Gasteiger partial charge is 0.336 e. The molecule has 0 fully saturated rings. The Balaban J connectivity index is 0.000000280. The van der Waals surface area contributed by atoms with Gasteiger partial charge < -0.3 is 21.0 Å². The van der Waals surface area contributed by atoms with Crippen molar-refractivity contribution in [2.75, 3.05) is 12.3 Å². The highest BCUT2D eigenvalue weighted by atomic mass is 16.4. The van der Waals surface area contributed by atoms with Crippen LogP contribution in [0.2, 0.25) is 0 Å². The lowest BCUT2D eigenvalue weighted by atomic mass is 10.1. The molecule has 5 N–H and O–H groups in total. The molecule has 0 aliphatic rings. The molecule has 0 aliphatic carbocycles. The summed E-state index contributed by atoms with van der Waals surface area (Å²) in [6, 6.07) is 6.76. The summed E-state index contributed by atoms with van der Waals surface area (Å²) >= 11 is 0. The Bertz CT molecular complexity index is 619. The highest BCUT2D eigenvalue weighted by Gasteiger charge is 2.01. The van der Waals surface area contributed by atoms with Crippen LogP contribution in [0.15, 0.2) is 33.5 Å². The minimum absolute atomic E-state index is 0.278. The summed E-state index contributed by atoms with van der Waals surface area (Å²) in [4.78, 5) is 20.3. The molecule has 0 unspecified atom stereocenters. The van der Waals surface area contributed by atoms with E-state index in [0.717, 1.165) is 10.9 Å². The summed E-state index contributed by atoms with van der Waals surface area (Å²) in [6.07, 6.45) is 0. The number of nitrogen functional groups attached to an aromatic ring is 1. The average Bonchev–Trinajstić information content (AvgIpc) is 2.28. The molecule has 0 saturated heterocycles. The van der Waals surface area contributed by atoms with Crippen LogP contribution in [-0.4, -0.2) is 17.6 Å². The summed E-state index contributed by atoms with van der Waals surface area (Å²) in [5.41, 5.74) is 11.8. The Morgan fingerprint density at radius 2 is 2.00 bits per heavy atom. The van der Waals surface area contributed by atoms with Crippen molar-refractivity contribution in [1.29, 1.82) is 0 Å². The van der Waals surface area contributed by atoms with Gasteiger partial charge in [-0.2, -0.15) is 0 Å². The van der Waals surface area contributed by atoms with Crippen LogP contribution < -0.4 is 17.1 Å². The van der Waals surface area contributed by atoms with E-state index in [-0.39, 0.29) is 12.2 Å². The molecule has 0 amide bonds. The zero-order valence-electron chi connectivity index (χ0n) is 9.84. The molecule has 1 heterocycles. The third kappa shape index (κ3) is 3.60. The Morgan fingerprint density at radius 1 is 1.39 bits per heavy atom. The number of benzene rings is 1. The topological polar surface area (TPSA) is 120 Å². The first-order valence-electron chi connectivity index (χ1n) is 5.16. The number of aliphatic carboxylic acids is 1. The van der Waals surface area contributed by atoms with Gasteiger partial charge in [-0.05, 0) is 24.6 Å². The second-order valence-electron chi connectivity index (χ2n) is 3.60. The van der Waals surface area contributed by atoms with E-state index >= 15 is 0 Å². The van der Waals surface area contributed by atoms with E-state index in [2.05, 4.69) is 5.73 Å². The predicted octanol–water partition coefficient (Wildman–Crippen LogP) is 0.713. The molecule has 1 aromatic heterocycles. The van der Waals surface area contributed by atoms with Gasteiger partial charge in [0.05, 0.1) is 6.54 Å². The monoisotopic (exact) mass is 250 g/mol. The van der Waals surface area contributed by atoms with Gasteiger partial charge in [-0.15, -0.1) is 0 Å². The number of rotatable bonds is 1. The average molecular weight is 250 g/mol. The number of hydrogen-bond acceptors (Lipinski definition) is 5. The molecule has 18 heavy (non-hydrogen) atoms. The van der Waals surface area contributed by atoms with E-state index in [9.17, 15) is 9.59 Å². The third-order valence-electron chi connectivity index (χ3n) is 2.15. The summed E-state index contributed by atoms with van der Waals surface area (Å²) in [5.74, 6) is -0.968. The summed E-state index contributed by atoms with van der Waals surface area (Å²) in [6.45, 7) is 1.59. The summed E-state index contributed by atoms with van der Waals surface area (Å²) in [5, 5.41) is 8.52. The third-order valence-corrected chi connectivity index (χ3v) is 2.15. The molecule has 0 atom stereocenters. The standard InChI is InChI=1S/C10H9NO2.C2H5NO2/c1-6-4-10(12)13-9-5-7(11)2-3-8(6)9;3-1-2(4)5/h2-5H,11H2,1H3;1,3H2,(H,4,5). The van der Waals surface area contributed by atoms with E-state index in [1.165, 1.54) is 6.07 Å². The van der Waals surface area contributed by atoms with Gasteiger partial charge in [0, 0.05) is 23.2 Å². The fourth-order valence-electron chi connectivity index (χ4n) is 1.34. The maximum absolute atomic E-state index is 11.0. The molecule has 96 valence electrons. The van der Waals surface area contributed by atoms with Crippen LogP contribution in [0.5, 0.6) is 0 Å². The van der Waals surface area contributed by atoms with Crippen molar-refractivity contribution in [3.63, 3.8) is 0 Å².